The largest absolute Gasteiger partial charge is 0.508 e. The molecule has 0 heterocycles. The number of aromatic carboxylic acids is 1. The molecule has 0 fully saturated rings. The summed E-state index contributed by atoms with van der Waals surface area (Å²) in [5, 5.41) is 60.6. The Morgan fingerprint density at radius 3 is 0.833 bits per heavy atom. The van der Waals surface area contributed by atoms with Gasteiger partial charge < -0.3 is 77.3 Å². The Kier molecular flexibility index (Phi) is 51.8. The summed E-state index contributed by atoms with van der Waals surface area (Å²) >= 11 is 41.2. The van der Waals surface area contributed by atoms with Crippen LogP contribution in [-0.2, 0) is 90.7 Å². The number of nitriles is 1. The Hall–Kier alpha value is -13.6. The topological polar surface area (TPSA) is 276 Å². The van der Waals surface area contributed by atoms with Gasteiger partial charge in [-0.1, -0.05) is 221 Å². The molecule has 0 saturated heterocycles. The first kappa shape index (κ1) is 120. The lowest BCUT2D eigenvalue weighted by Crippen LogP contribution is -2.02. The van der Waals surface area contributed by atoms with Crippen LogP contribution < -0.4 is 18.9 Å². The lowest BCUT2D eigenvalue weighted by Gasteiger charge is -2.12. The molecule has 16 rings (SSSR count). The average Bonchev–Trinajstić information content (AvgIpc) is 0.851. The van der Waals surface area contributed by atoms with Crippen molar-refractivity contribution in [3.8, 4) is 124 Å². The number of nitrogens with zero attached hydrogens (tertiary/aromatic N) is 2. The molecule has 0 spiro atoms. The number of carboxylic acids is 1. The van der Waals surface area contributed by atoms with Crippen LogP contribution in [0.25, 0.3) is 89.0 Å². The molecule has 16 aromatic rings. The van der Waals surface area contributed by atoms with Crippen LogP contribution in [0.15, 0.2) is 340 Å². The van der Waals surface area contributed by atoms with Crippen molar-refractivity contribution in [1.29, 1.82) is 5.26 Å². The Labute approximate surface area is 909 Å². The summed E-state index contributed by atoms with van der Waals surface area (Å²) < 4.78 is 76.1. The second-order valence-corrected chi connectivity index (χ2v) is 35.9. The Morgan fingerprint density at radius 2 is 0.553 bits per heavy atom. The van der Waals surface area contributed by atoms with Crippen molar-refractivity contribution in [2.75, 3.05) is 97.5 Å². The molecule has 0 aliphatic heterocycles. The molecule has 0 radical (unpaired) electrons. The molecular formula is C121H116Cl7FN2O19. The zero-order valence-corrected chi connectivity index (χ0v) is 89.6. The van der Waals surface area contributed by atoms with Gasteiger partial charge in [0.2, 0.25) is 0 Å². The number of halogens is 8. The molecule has 780 valence electrons. The third-order valence-corrected chi connectivity index (χ3v) is 24.1. The van der Waals surface area contributed by atoms with E-state index in [4.69, 9.17) is 159 Å². The molecule has 0 atom stereocenters. The first-order valence-electron chi connectivity index (χ1n) is 46.7. The Bertz CT molecular complexity index is 6840. The number of aromatic hydroxyl groups is 1. The fourth-order valence-corrected chi connectivity index (χ4v) is 16.2. The molecule has 29 heteroatoms. The van der Waals surface area contributed by atoms with Crippen molar-refractivity contribution in [2.24, 2.45) is 0 Å². The standard InChI is InChI=1S/C17H19ClO3.C16H17ClO3.C16H16O4.C15H12ClNO.C15H15ClO2.C14H12ClFO.C14H12ClNO3.C14H13ClO2/c1-20-12-14-11-16(21-10-2-9-19)7-8-17(14)13-3-5-15(18)6-4-13;1-19-11-13-10-15(20-9-8-18)6-7-16(13)12-2-4-14(17)5-3-12;1-19-10-13-9-14(20-2)7-8-15(13)11-3-5-12(6-4-11)16(17)18;1-18-10-13-8-11(9-17)2-7-15(13)12-3-5-14(16)6-4-12;1-17-10-12-9-14(18-2)7-8-15(12)11-3-5-13(16)6-4-11;1-17-9-11-8-13(16)6-7-14(11)10-2-4-12(15)5-3-10;1-19-9-11-8-13(16(17)18)6-7-14(11)10-2-4-12(15)5-3-10;1-17-9-11-8-13(16)6-7-14(11)10-2-4-12(15)5-3-10/h3-8,11,19H,2,9-10,12H2,1H3;2-7,10,18H,8-9,11H2,1H3;3-9H,10H2,1-2H3,(H,17,18);2-8H,10H2,1H3;3-9H,10H2,1-2H3;2-8H,9H2,1H3;2-8H,9H2,1H3;2-8,16H,9H2,1H3. The number of nitro groups is 1. The molecule has 4 N–H and O–H groups in total. The number of aliphatic hydroxyl groups excluding tert-OH is 2. The van der Waals surface area contributed by atoms with Crippen LogP contribution in [0.1, 0.15) is 66.8 Å². The van der Waals surface area contributed by atoms with Gasteiger partial charge in [0.05, 0.1) is 102 Å². The Balaban J connectivity index is 0.000000190. The monoisotopic (exact) mass is 2160 g/mol. The Morgan fingerprint density at radius 1 is 0.307 bits per heavy atom. The van der Waals surface area contributed by atoms with Crippen LogP contribution in [-0.4, -0.2) is 129 Å². The van der Waals surface area contributed by atoms with E-state index >= 15 is 0 Å². The maximum absolute atomic E-state index is 13.2. The molecule has 0 unspecified atom stereocenters. The molecule has 16 aromatic carbocycles. The normalized spacial score (nSPS) is 10.4. The number of carbonyl (C=O) groups is 1. The van der Waals surface area contributed by atoms with Gasteiger partial charge in [-0.2, -0.15) is 5.26 Å². The van der Waals surface area contributed by atoms with Crippen LogP contribution in [0.3, 0.4) is 0 Å². The minimum atomic E-state index is -0.927. The molecular weight excluding hydrogens is 2050 g/mol. The highest BCUT2D eigenvalue weighted by Gasteiger charge is 2.18. The van der Waals surface area contributed by atoms with E-state index in [2.05, 4.69) is 6.07 Å². The number of nitro benzene ring substituents is 1. The zero-order chi connectivity index (χ0) is 108. The second-order valence-electron chi connectivity index (χ2n) is 32.8. The van der Waals surface area contributed by atoms with Gasteiger partial charge in [-0.15, -0.1) is 0 Å². The maximum atomic E-state index is 13.2. The molecule has 0 aliphatic carbocycles. The number of phenolic OH excluding ortho intramolecular Hbond substituents is 1. The van der Waals surface area contributed by atoms with Crippen molar-refractivity contribution in [1.82, 2.24) is 0 Å². The first-order chi connectivity index (χ1) is 72.6. The van der Waals surface area contributed by atoms with E-state index in [1.807, 2.05) is 255 Å². The van der Waals surface area contributed by atoms with Crippen molar-refractivity contribution in [3.05, 3.63) is 446 Å². The number of hydrogen-bond acceptors (Lipinski definition) is 19. The van der Waals surface area contributed by atoms with Gasteiger partial charge in [0.25, 0.3) is 5.69 Å². The second kappa shape index (κ2) is 64.7. The summed E-state index contributed by atoms with van der Waals surface area (Å²) in [7, 11) is 16.4. The van der Waals surface area contributed by atoms with E-state index in [0.29, 0.717) is 96.6 Å². The van der Waals surface area contributed by atoms with Crippen LogP contribution in [0.2, 0.25) is 35.2 Å². The molecule has 0 aromatic heterocycles. The van der Waals surface area contributed by atoms with Crippen LogP contribution in [0.4, 0.5) is 10.1 Å². The summed E-state index contributed by atoms with van der Waals surface area (Å²) in [6.07, 6.45) is 0.624. The van der Waals surface area contributed by atoms with Gasteiger partial charge in [0.15, 0.2) is 0 Å². The van der Waals surface area contributed by atoms with E-state index in [0.717, 1.165) is 167 Å². The highest BCUT2D eigenvalue weighted by atomic mass is 35.5. The van der Waals surface area contributed by atoms with E-state index in [-0.39, 0.29) is 42.6 Å². The van der Waals surface area contributed by atoms with E-state index < -0.39 is 10.9 Å². The van der Waals surface area contributed by atoms with Crippen molar-refractivity contribution < 1.29 is 91.4 Å². The van der Waals surface area contributed by atoms with Crippen molar-refractivity contribution in [2.45, 2.75) is 59.3 Å². The van der Waals surface area contributed by atoms with Gasteiger partial charge in [0.1, 0.15) is 41.2 Å². The molecule has 0 bridgehead atoms. The third-order valence-electron chi connectivity index (χ3n) is 22.3. The number of hydrogen-bond donors (Lipinski definition) is 4. The van der Waals surface area contributed by atoms with Crippen molar-refractivity contribution in [3.63, 3.8) is 0 Å². The summed E-state index contributed by atoms with van der Waals surface area (Å²) in [6.45, 7) is 4.59. The number of ether oxygens (including phenoxy) is 12. The number of methoxy groups -OCH3 is 10. The van der Waals surface area contributed by atoms with E-state index in [9.17, 15) is 24.4 Å². The van der Waals surface area contributed by atoms with Gasteiger partial charge in [-0.25, -0.2) is 9.18 Å². The number of carboxylic acid groups (broad SMARTS) is 1. The molecule has 0 saturated carbocycles. The minimum Gasteiger partial charge on any atom is -0.508 e. The van der Waals surface area contributed by atoms with Gasteiger partial charge >= 0.3 is 5.97 Å². The molecule has 150 heavy (non-hydrogen) atoms. The quantitative estimate of drug-likeness (QED) is 0.0163. The first-order valence-corrected chi connectivity index (χ1v) is 49.3. The number of phenols is 1. The number of rotatable bonds is 35. The van der Waals surface area contributed by atoms with E-state index in [1.54, 1.807) is 132 Å². The third kappa shape index (κ3) is 38.5. The van der Waals surface area contributed by atoms with Gasteiger partial charge in [-0.3, -0.25) is 10.1 Å². The molecule has 0 aliphatic rings. The lowest BCUT2D eigenvalue weighted by atomic mass is 9.98. The SMILES string of the molecule is COCc1cc(C#N)ccc1-c1ccc(Cl)cc1.COCc1cc(F)ccc1-c1ccc(Cl)cc1.COCc1cc(O)ccc1-c1ccc(Cl)cc1.COCc1cc(OC)ccc1-c1ccc(C(=O)O)cc1.COCc1cc(OC)ccc1-c1ccc(Cl)cc1.COCc1cc(OCCCO)ccc1-c1ccc(Cl)cc1.COCc1cc(OCCO)ccc1-c1ccc(Cl)cc1.COCc1cc([N+](=O)[O-])ccc1-c1ccc(Cl)cc1. The summed E-state index contributed by atoms with van der Waals surface area (Å²) in [4.78, 5) is 21.3. The highest BCUT2D eigenvalue weighted by Crippen LogP contribution is 2.38. The number of non-ortho nitro benzene ring substituents is 1. The highest BCUT2D eigenvalue weighted by molar-refractivity contribution is 6.32. The number of aliphatic hydroxyl groups is 2. The summed E-state index contributed by atoms with van der Waals surface area (Å²) in [6, 6.07) is 106. The average molecular weight is 2170 g/mol. The predicted octanol–water partition coefficient (Wildman–Crippen LogP) is 31.0. The zero-order valence-electron chi connectivity index (χ0n) is 84.4. The van der Waals surface area contributed by atoms with Crippen LogP contribution in [0, 0.1) is 27.3 Å². The lowest BCUT2D eigenvalue weighted by molar-refractivity contribution is -0.384. The van der Waals surface area contributed by atoms with Crippen LogP contribution >= 0.6 is 81.2 Å². The van der Waals surface area contributed by atoms with Crippen LogP contribution in [0.5, 0.6) is 28.7 Å². The molecule has 21 nitrogen and oxygen atoms in total. The minimum absolute atomic E-state index is 0.00144. The smallest absolute Gasteiger partial charge is 0.335 e. The van der Waals surface area contributed by atoms with Gasteiger partial charge in [0, 0.05) is 117 Å². The van der Waals surface area contributed by atoms with Crippen molar-refractivity contribution >= 4 is 92.9 Å². The molecule has 0 amide bonds. The fraction of sp³-hybridized carbons (Fsp3) is 0.190. The summed E-state index contributed by atoms with van der Waals surface area (Å²) in [5.74, 6) is 2.17. The van der Waals surface area contributed by atoms with Gasteiger partial charge in [-0.05, 0) is 322 Å². The summed E-state index contributed by atoms with van der Waals surface area (Å²) in [5.41, 5.74) is 25.3. The van der Waals surface area contributed by atoms with E-state index in [1.165, 1.54) is 24.3 Å². The maximum Gasteiger partial charge on any atom is 0.335 e. The number of benzene rings is 16. The predicted molar refractivity (Wildman–Crippen MR) is 599 cm³/mol. The fourth-order valence-electron chi connectivity index (χ4n) is 15.3.